The van der Waals surface area contributed by atoms with Crippen LogP contribution < -0.4 is 0 Å². The summed E-state index contributed by atoms with van der Waals surface area (Å²) < 4.78 is 0. The molecule has 1 aromatic carbocycles. The van der Waals surface area contributed by atoms with Gasteiger partial charge in [-0.1, -0.05) is 30.3 Å². The van der Waals surface area contributed by atoms with E-state index < -0.39 is 12.2 Å². The van der Waals surface area contributed by atoms with Crippen LogP contribution in [0.5, 0.6) is 0 Å². The standard InChI is InChI=1S/C11H16O2/c1-8(12)11(9(2)13)10-6-4-3-5-7-10/h3-9,11-13H,1-2H3/t8-,9+,11?. The number of hydrogen-bond acceptors (Lipinski definition) is 2. The highest BCUT2D eigenvalue weighted by atomic mass is 16.3. The fourth-order valence-electron chi connectivity index (χ4n) is 1.64. The van der Waals surface area contributed by atoms with Gasteiger partial charge < -0.3 is 10.2 Å². The van der Waals surface area contributed by atoms with Crippen molar-refractivity contribution in [3.8, 4) is 0 Å². The van der Waals surface area contributed by atoms with Crippen LogP contribution in [0.25, 0.3) is 0 Å². The van der Waals surface area contributed by atoms with E-state index in [1.165, 1.54) is 0 Å². The van der Waals surface area contributed by atoms with Crippen LogP contribution in [0, 0.1) is 0 Å². The number of aliphatic hydroxyl groups is 2. The smallest absolute Gasteiger partial charge is 0.0605 e. The van der Waals surface area contributed by atoms with Crippen LogP contribution in [0.1, 0.15) is 25.3 Å². The first-order valence-corrected chi connectivity index (χ1v) is 4.54. The van der Waals surface area contributed by atoms with E-state index in [0.29, 0.717) is 0 Å². The maximum absolute atomic E-state index is 9.48. The highest BCUT2D eigenvalue weighted by Crippen LogP contribution is 2.23. The molecule has 1 unspecified atom stereocenters. The molecule has 0 aliphatic rings. The van der Waals surface area contributed by atoms with Gasteiger partial charge in [0.05, 0.1) is 12.2 Å². The van der Waals surface area contributed by atoms with Gasteiger partial charge in [0.25, 0.3) is 0 Å². The van der Waals surface area contributed by atoms with Crippen molar-refractivity contribution in [2.75, 3.05) is 0 Å². The minimum atomic E-state index is -0.526. The largest absolute Gasteiger partial charge is 0.393 e. The van der Waals surface area contributed by atoms with Gasteiger partial charge in [0.1, 0.15) is 0 Å². The fraction of sp³-hybridized carbons (Fsp3) is 0.455. The molecular formula is C11H16O2. The number of hydrogen-bond donors (Lipinski definition) is 2. The first-order valence-electron chi connectivity index (χ1n) is 4.54. The van der Waals surface area contributed by atoms with Crippen molar-refractivity contribution in [2.24, 2.45) is 0 Å². The number of benzene rings is 1. The van der Waals surface area contributed by atoms with Crippen LogP contribution in [-0.2, 0) is 0 Å². The van der Waals surface area contributed by atoms with Gasteiger partial charge >= 0.3 is 0 Å². The fourth-order valence-corrected chi connectivity index (χ4v) is 1.64. The van der Waals surface area contributed by atoms with Crippen LogP contribution in [0.2, 0.25) is 0 Å². The second-order valence-corrected chi connectivity index (χ2v) is 3.42. The van der Waals surface area contributed by atoms with Crippen LogP contribution in [-0.4, -0.2) is 22.4 Å². The van der Waals surface area contributed by atoms with Crippen LogP contribution in [0.4, 0.5) is 0 Å². The Morgan fingerprint density at radius 1 is 0.923 bits per heavy atom. The van der Waals surface area contributed by atoms with Gasteiger partial charge in [0, 0.05) is 5.92 Å². The third kappa shape index (κ3) is 2.54. The lowest BCUT2D eigenvalue weighted by Crippen LogP contribution is -2.25. The summed E-state index contributed by atoms with van der Waals surface area (Å²) in [7, 11) is 0. The van der Waals surface area contributed by atoms with Gasteiger partial charge in [-0.05, 0) is 19.4 Å². The van der Waals surface area contributed by atoms with Gasteiger partial charge in [-0.25, -0.2) is 0 Å². The van der Waals surface area contributed by atoms with Gasteiger partial charge in [-0.15, -0.1) is 0 Å². The Balaban J connectivity index is 2.89. The molecule has 0 bridgehead atoms. The molecule has 13 heavy (non-hydrogen) atoms. The third-order valence-corrected chi connectivity index (χ3v) is 2.22. The van der Waals surface area contributed by atoms with E-state index in [0.717, 1.165) is 5.56 Å². The van der Waals surface area contributed by atoms with E-state index in [1.807, 2.05) is 30.3 Å². The Morgan fingerprint density at radius 2 is 1.38 bits per heavy atom. The highest BCUT2D eigenvalue weighted by molar-refractivity contribution is 5.21. The van der Waals surface area contributed by atoms with E-state index in [4.69, 9.17) is 0 Å². The molecule has 0 saturated carbocycles. The predicted molar refractivity (Wildman–Crippen MR) is 52.5 cm³/mol. The molecule has 3 atom stereocenters. The Labute approximate surface area is 78.8 Å². The molecule has 2 nitrogen and oxygen atoms in total. The molecule has 0 heterocycles. The molecule has 0 amide bonds. The van der Waals surface area contributed by atoms with Crippen molar-refractivity contribution in [2.45, 2.75) is 32.0 Å². The molecule has 0 aromatic heterocycles. The molecule has 0 spiro atoms. The monoisotopic (exact) mass is 180 g/mol. The summed E-state index contributed by atoms with van der Waals surface area (Å²) in [5.74, 6) is -0.193. The van der Waals surface area contributed by atoms with Crippen LogP contribution in [0.3, 0.4) is 0 Å². The van der Waals surface area contributed by atoms with Crippen LogP contribution >= 0.6 is 0 Å². The molecule has 1 aromatic rings. The third-order valence-electron chi connectivity index (χ3n) is 2.22. The second kappa shape index (κ2) is 4.40. The van der Waals surface area contributed by atoms with Crippen molar-refractivity contribution in [3.05, 3.63) is 35.9 Å². The normalized spacial score (nSPS) is 17.8. The van der Waals surface area contributed by atoms with E-state index in [1.54, 1.807) is 13.8 Å². The van der Waals surface area contributed by atoms with E-state index in [-0.39, 0.29) is 5.92 Å². The zero-order chi connectivity index (χ0) is 9.84. The van der Waals surface area contributed by atoms with Gasteiger partial charge in [-0.3, -0.25) is 0 Å². The summed E-state index contributed by atoms with van der Waals surface area (Å²) >= 11 is 0. The second-order valence-electron chi connectivity index (χ2n) is 3.42. The quantitative estimate of drug-likeness (QED) is 0.740. The lowest BCUT2D eigenvalue weighted by Gasteiger charge is -2.22. The zero-order valence-corrected chi connectivity index (χ0v) is 8.01. The van der Waals surface area contributed by atoms with Crippen molar-refractivity contribution in [1.29, 1.82) is 0 Å². The van der Waals surface area contributed by atoms with Crippen LogP contribution in [0.15, 0.2) is 30.3 Å². The van der Waals surface area contributed by atoms with Crippen molar-refractivity contribution in [1.82, 2.24) is 0 Å². The summed E-state index contributed by atoms with van der Waals surface area (Å²) in [5.41, 5.74) is 0.979. The average Bonchev–Trinajstić information content (AvgIpc) is 2.04. The minimum Gasteiger partial charge on any atom is -0.393 e. The van der Waals surface area contributed by atoms with Crippen molar-refractivity contribution >= 4 is 0 Å². The van der Waals surface area contributed by atoms with Crippen molar-refractivity contribution in [3.63, 3.8) is 0 Å². The summed E-state index contributed by atoms with van der Waals surface area (Å²) in [6.45, 7) is 3.40. The Hall–Kier alpha value is -0.860. The minimum absolute atomic E-state index is 0.193. The van der Waals surface area contributed by atoms with Crippen molar-refractivity contribution < 1.29 is 10.2 Å². The first kappa shape index (κ1) is 10.2. The summed E-state index contributed by atoms with van der Waals surface area (Å²) in [5, 5.41) is 19.0. The molecule has 72 valence electrons. The van der Waals surface area contributed by atoms with E-state index in [2.05, 4.69) is 0 Å². The first-order chi connectivity index (χ1) is 6.13. The SMILES string of the molecule is C[C@H](O)C(c1ccccc1)[C@@H](C)O. The van der Waals surface area contributed by atoms with Gasteiger partial charge in [0.2, 0.25) is 0 Å². The Kier molecular flexibility index (Phi) is 3.46. The van der Waals surface area contributed by atoms with Gasteiger partial charge in [0.15, 0.2) is 0 Å². The molecule has 0 radical (unpaired) electrons. The Morgan fingerprint density at radius 3 is 1.77 bits per heavy atom. The molecule has 0 saturated heterocycles. The molecular weight excluding hydrogens is 164 g/mol. The number of rotatable bonds is 3. The molecule has 0 aliphatic heterocycles. The molecule has 2 N–H and O–H groups in total. The maximum atomic E-state index is 9.48. The number of aliphatic hydroxyl groups excluding tert-OH is 2. The maximum Gasteiger partial charge on any atom is 0.0605 e. The molecule has 2 heteroatoms. The average molecular weight is 180 g/mol. The van der Waals surface area contributed by atoms with Gasteiger partial charge in [-0.2, -0.15) is 0 Å². The lowest BCUT2D eigenvalue weighted by molar-refractivity contribution is 0.0730. The van der Waals surface area contributed by atoms with E-state index >= 15 is 0 Å². The summed E-state index contributed by atoms with van der Waals surface area (Å²) in [6.07, 6.45) is -1.05. The lowest BCUT2D eigenvalue weighted by atomic mass is 9.90. The highest BCUT2D eigenvalue weighted by Gasteiger charge is 2.21. The topological polar surface area (TPSA) is 40.5 Å². The Bertz CT molecular complexity index is 234. The molecule has 1 rings (SSSR count). The predicted octanol–water partition coefficient (Wildman–Crippen LogP) is 1.53. The zero-order valence-electron chi connectivity index (χ0n) is 8.01. The molecule has 0 aliphatic carbocycles. The van der Waals surface area contributed by atoms with E-state index in [9.17, 15) is 10.2 Å². The summed E-state index contributed by atoms with van der Waals surface area (Å²) in [4.78, 5) is 0. The summed E-state index contributed by atoms with van der Waals surface area (Å²) in [6, 6.07) is 9.58. The molecule has 0 fully saturated rings.